The van der Waals surface area contributed by atoms with Crippen LogP contribution in [0.1, 0.15) is 28.5 Å². The molecule has 1 fully saturated rings. The summed E-state index contributed by atoms with van der Waals surface area (Å²) >= 11 is 0. The highest BCUT2D eigenvalue weighted by Gasteiger charge is 2.46. The first-order valence-corrected chi connectivity index (χ1v) is 13.8. The van der Waals surface area contributed by atoms with Gasteiger partial charge in [0.05, 0.1) is 7.11 Å². The quantitative estimate of drug-likeness (QED) is 0.370. The monoisotopic (exact) mass is 562 g/mol. The Morgan fingerprint density at radius 3 is 2.51 bits per heavy atom. The van der Waals surface area contributed by atoms with Crippen molar-refractivity contribution in [2.24, 2.45) is 13.0 Å². The van der Waals surface area contributed by atoms with Crippen molar-refractivity contribution < 1.29 is 31.8 Å². The van der Waals surface area contributed by atoms with E-state index in [1.807, 2.05) is 29.2 Å². The maximum Gasteiger partial charge on any atom is 0.275 e. The average molecular weight is 563 g/mol. The van der Waals surface area contributed by atoms with Crippen molar-refractivity contribution in [2.45, 2.75) is 30.8 Å². The number of ether oxygens (including phenoxy) is 1. The van der Waals surface area contributed by atoms with Gasteiger partial charge in [0.15, 0.2) is 5.82 Å². The molecule has 2 aromatic carbocycles. The van der Waals surface area contributed by atoms with E-state index < -0.39 is 49.6 Å². The Balaban J connectivity index is 1.53. The summed E-state index contributed by atoms with van der Waals surface area (Å²) in [5.74, 6) is -2.29. The number of halogens is 2. The van der Waals surface area contributed by atoms with Gasteiger partial charge in [0, 0.05) is 56.6 Å². The van der Waals surface area contributed by atoms with Gasteiger partial charge in [-0.2, -0.15) is 0 Å². The molecule has 0 aliphatic carbocycles. The minimum absolute atomic E-state index is 0.239. The normalized spacial score (nSPS) is 19.8. The molecule has 0 spiro atoms. The SMILES string of the molecule is COc1ccc(CN2C[C@@H](CO)[C@@](C)(NS(=O)(=O)c3cn(C)c(C(=O)Nc4ccc(F)c(C)c4)c3F)C2)cc1. The molecule has 1 aliphatic heterocycles. The highest BCUT2D eigenvalue weighted by molar-refractivity contribution is 7.89. The molecular weight excluding hydrogens is 530 g/mol. The molecule has 1 saturated heterocycles. The lowest BCUT2D eigenvalue weighted by Gasteiger charge is -2.30. The molecule has 3 aromatic rings. The van der Waals surface area contributed by atoms with E-state index in [0.29, 0.717) is 13.1 Å². The van der Waals surface area contributed by atoms with Crippen molar-refractivity contribution in [3.63, 3.8) is 0 Å². The highest BCUT2D eigenvalue weighted by Crippen LogP contribution is 2.32. The first kappa shape index (κ1) is 28.7. The molecule has 3 N–H and O–H groups in total. The fraction of sp³-hybridized carbons (Fsp3) is 0.370. The standard InChI is InChI=1S/C27H32F2N4O5S/c1-17-11-20(7-10-22(17)28)30-26(35)25-24(29)23(14-32(25)3)39(36,37)31-27(2)16-33(13-19(27)15-34)12-18-5-8-21(38-4)9-6-18/h5-11,14,19,31,34H,12-13,15-16H2,1-4H3,(H,30,35)/t19-,27-/m0/s1. The number of carbonyl (C=O) groups excluding carboxylic acids is 1. The third kappa shape index (κ3) is 5.98. The number of hydrogen-bond donors (Lipinski definition) is 3. The number of benzene rings is 2. The Morgan fingerprint density at radius 2 is 1.90 bits per heavy atom. The van der Waals surface area contributed by atoms with E-state index in [2.05, 4.69) is 10.0 Å². The van der Waals surface area contributed by atoms with Crippen LogP contribution in [-0.2, 0) is 23.6 Å². The van der Waals surface area contributed by atoms with Crippen LogP contribution < -0.4 is 14.8 Å². The zero-order valence-corrected chi connectivity index (χ0v) is 23.0. The number of methoxy groups -OCH3 is 1. The Bertz CT molecular complexity index is 1480. The number of hydrogen-bond acceptors (Lipinski definition) is 6. The van der Waals surface area contributed by atoms with Gasteiger partial charge in [-0.25, -0.2) is 21.9 Å². The lowest BCUT2D eigenvalue weighted by Crippen LogP contribution is -2.52. The van der Waals surface area contributed by atoms with Crippen LogP contribution in [0.4, 0.5) is 14.5 Å². The molecule has 1 aliphatic rings. The van der Waals surface area contributed by atoms with Crippen LogP contribution in [0.25, 0.3) is 0 Å². The van der Waals surface area contributed by atoms with Gasteiger partial charge in [0.2, 0.25) is 10.0 Å². The minimum Gasteiger partial charge on any atom is -0.497 e. The van der Waals surface area contributed by atoms with Gasteiger partial charge in [0.1, 0.15) is 22.2 Å². The predicted molar refractivity (Wildman–Crippen MR) is 142 cm³/mol. The number of anilines is 1. The second-order valence-corrected chi connectivity index (χ2v) is 11.8. The number of rotatable bonds is 9. The highest BCUT2D eigenvalue weighted by atomic mass is 32.2. The van der Waals surface area contributed by atoms with Gasteiger partial charge in [0.25, 0.3) is 5.91 Å². The van der Waals surface area contributed by atoms with Crippen LogP contribution in [-0.4, -0.2) is 61.2 Å². The van der Waals surface area contributed by atoms with Gasteiger partial charge in [-0.15, -0.1) is 0 Å². The number of nitrogens with one attached hydrogen (secondary N) is 2. The van der Waals surface area contributed by atoms with Crippen molar-refractivity contribution in [3.8, 4) is 5.75 Å². The van der Waals surface area contributed by atoms with E-state index in [9.17, 15) is 22.7 Å². The number of carbonyl (C=O) groups is 1. The zero-order chi connectivity index (χ0) is 28.5. The molecule has 39 heavy (non-hydrogen) atoms. The van der Waals surface area contributed by atoms with Crippen LogP contribution in [0, 0.1) is 24.5 Å². The summed E-state index contributed by atoms with van der Waals surface area (Å²) in [6.07, 6.45) is 1.03. The molecule has 2 heterocycles. The molecule has 1 aromatic heterocycles. The first-order valence-electron chi connectivity index (χ1n) is 12.3. The summed E-state index contributed by atoms with van der Waals surface area (Å²) in [6.45, 7) is 4.13. The minimum atomic E-state index is -4.43. The lowest BCUT2D eigenvalue weighted by atomic mass is 9.91. The maximum absolute atomic E-state index is 15.5. The number of aliphatic hydroxyl groups excluding tert-OH is 1. The maximum atomic E-state index is 15.5. The Labute approximate surface area is 226 Å². The summed E-state index contributed by atoms with van der Waals surface area (Å²) in [5, 5.41) is 12.5. The molecule has 0 bridgehead atoms. The zero-order valence-electron chi connectivity index (χ0n) is 22.2. The van der Waals surface area contributed by atoms with Crippen LogP contribution in [0.3, 0.4) is 0 Å². The number of aryl methyl sites for hydroxylation is 2. The summed E-state index contributed by atoms with van der Waals surface area (Å²) in [7, 11) is -1.49. The van der Waals surface area contributed by atoms with Crippen molar-refractivity contribution in [1.29, 1.82) is 0 Å². The molecule has 2 atom stereocenters. The molecule has 4 rings (SSSR count). The fourth-order valence-electron chi connectivity index (χ4n) is 4.95. The summed E-state index contributed by atoms with van der Waals surface area (Å²) < 4.78 is 64.7. The molecule has 0 saturated carbocycles. The van der Waals surface area contributed by atoms with Crippen LogP contribution >= 0.6 is 0 Å². The summed E-state index contributed by atoms with van der Waals surface area (Å²) in [6, 6.07) is 11.4. The average Bonchev–Trinajstić information content (AvgIpc) is 3.36. The Hall–Kier alpha value is -3.32. The van der Waals surface area contributed by atoms with E-state index in [0.717, 1.165) is 22.1 Å². The molecule has 12 heteroatoms. The van der Waals surface area contributed by atoms with Crippen molar-refractivity contribution >= 4 is 21.6 Å². The number of sulfonamides is 1. The fourth-order valence-corrected chi connectivity index (χ4v) is 6.53. The van der Waals surface area contributed by atoms with Crippen LogP contribution in [0.2, 0.25) is 0 Å². The van der Waals surface area contributed by atoms with E-state index in [1.54, 1.807) is 14.0 Å². The van der Waals surface area contributed by atoms with Gasteiger partial charge in [-0.1, -0.05) is 12.1 Å². The van der Waals surface area contributed by atoms with Crippen LogP contribution in [0.15, 0.2) is 53.6 Å². The third-order valence-electron chi connectivity index (χ3n) is 7.09. The van der Waals surface area contributed by atoms with Gasteiger partial charge < -0.3 is 19.7 Å². The van der Waals surface area contributed by atoms with Gasteiger partial charge >= 0.3 is 0 Å². The number of nitrogens with zero attached hydrogens (tertiary/aromatic N) is 2. The number of likely N-dealkylation sites (tertiary alicyclic amines) is 1. The second-order valence-electron chi connectivity index (χ2n) is 10.1. The molecule has 0 unspecified atom stereocenters. The van der Waals surface area contributed by atoms with E-state index in [4.69, 9.17) is 4.74 Å². The predicted octanol–water partition coefficient (Wildman–Crippen LogP) is 3.03. The van der Waals surface area contributed by atoms with Crippen molar-refractivity contribution in [3.05, 3.63) is 77.1 Å². The van der Waals surface area contributed by atoms with Crippen molar-refractivity contribution in [1.82, 2.24) is 14.2 Å². The van der Waals surface area contributed by atoms with E-state index in [-0.39, 0.29) is 24.4 Å². The first-order chi connectivity index (χ1) is 18.4. The topological polar surface area (TPSA) is 113 Å². The van der Waals surface area contributed by atoms with E-state index >= 15 is 4.39 Å². The molecule has 0 radical (unpaired) electrons. The number of aliphatic hydroxyl groups is 1. The smallest absolute Gasteiger partial charge is 0.275 e. The summed E-state index contributed by atoms with van der Waals surface area (Å²) in [5.41, 5.74) is -0.0780. The Kier molecular flexibility index (Phi) is 8.12. The number of amides is 1. The Morgan fingerprint density at radius 1 is 1.21 bits per heavy atom. The van der Waals surface area contributed by atoms with Crippen LogP contribution in [0.5, 0.6) is 5.75 Å². The molecule has 210 valence electrons. The molecular formula is C27H32F2N4O5S. The third-order valence-corrected chi connectivity index (χ3v) is 8.69. The second kappa shape index (κ2) is 11.0. The van der Waals surface area contributed by atoms with Gasteiger partial charge in [-0.05, 0) is 55.3 Å². The van der Waals surface area contributed by atoms with Crippen molar-refractivity contribution in [2.75, 3.05) is 32.1 Å². The van der Waals surface area contributed by atoms with E-state index in [1.165, 1.54) is 32.2 Å². The summed E-state index contributed by atoms with van der Waals surface area (Å²) in [4.78, 5) is 14.2. The number of aromatic nitrogens is 1. The largest absolute Gasteiger partial charge is 0.497 e. The molecule has 9 nitrogen and oxygen atoms in total. The lowest BCUT2D eigenvalue weighted by molar-refractivity contribution is 0.101. The van der Waals surface area contributed by atoms with Gasteiger partial charge in [-0.3, -0.25) is 9.69 Å². The molecule has 1 amide bonds.